The molecule has 5 nitrogen and oxygen atoms in total. The van der Waals surface area contributed by atoms with Crippen LogP contribution in [-0.2, 0) is 16.6 Å². The Labute approximate surface area is 113 Å². The molecule has 1 aromatic rings. The summed E-state index contributed by atoms with van der Waals surface area (Å²) in [5, 5.41) is 3.01. The first-order chi connectivity index (χ1) is 8.47. The molecule has 0 radical (unpaired) electrons. The Hall–Kier alpha value is -0.500. The third-order valence-electron chi connectivity index (χ3n) is 2.77. The van der Waals surface area contributed by atoms with Crippen molar-refractivity contribution in [2.45, 2.75) is 26.3 Å². The predicted octanol–water partition coefficient (Wildman–Crippen LogP) is 1.21. The molecule has 0 bridgehead atoms. The molecule has 0 spiro atoms. The summed E-state index contributed by atoms with van der Waals surface area (Å²) in [5.74, 6) is 0.211. The van der Waals surface area contributed by atoms with Crippen LogP contribution in [0, 0.1) is 6.92 Å². The number of thiazole rings is 1. The van der Waals surface area contributed by atoms with E-state index in [1.807, 2.05) is 14.0 Å². The fourth-order valence-corrected chi connectivity index (χ4v) is 3.64. The lowest BCUT2D eigenvalue weighted by Crippen LogP contribution is -2.29. The topological polar surface area (TPSA) is 62.3 Å². The monoisotopic (exact) mass is 291 g/mol. The van der Waals surface area contributed by atoms with E-state index in [1.54, 1.807) is 12.6 Å². The maximum atomic E-state index is 12.0. The minimum absolute atomic E-state index is 0.211. The van der Waals surface area contributed by atoms with Gasteiger partial charge in [0.2, 0.25) is 10.0 Å². The van der Waals surface area contributed by atoms with Crippen molar-refractivity contribution in [2.24, 2.45) is 0 Å². The first-order valence-corrected chi connectivity index (χ1v) is 8.44. The normalized spacial score (nSPS) is 12.2. The van der Waals surface area contributed by atoms with E-state index in [4.69, 9.17) is 0 Å². The Morgan fingerprint density at radius 3 is 2.72 bits per heavy atom. The predicted molar refractivity (Wildman–Crippen MR) is 75.3 cm³/mol. The molecular formula is C11H21N3O2S2. The van der Waals surface area contributed by atoms with Crippen LogP contribution in [0.25, 0.3) is 0 Å². The highest BCUT2D eigenvalue weighted by Gasteiger charge is 2.18. The van der Waals surface area contributed by atoms with Gasteiger partial charge < -0.3 is 5.32 Å². The van der Waals surface area contributed by atoms with Crippen LogP contribution in [0.2, 0.25) is 0 Å². The van der Waals surface area contributed by atoms with Crippen molar-refractivity contribution < 1.29 is 8.42 Å². The minimum Gasteiger partial charge on any atom is -0.320 e. The molecule has 0 aliphatic rings. The summed E-state index contributed by atoms with van der Waals surface area (Å²) >= 11 is 1.50. The second-order valence-corrected chi connectivity index (χ2v) is 7.38. The number of aromatic nitrogens is 1. The highest BCUT2D eigenvalue weighted by atomic mass is 32.2. The standard InChI is InChI=1S/C11H21N3O2S2/c1-10-11(17-9-13-10)8-14(3)18(15,16)7-5-4-6-12-2/h9,12H,4-8H2,1-3H3. The van der Waals surface area contributed by atoms with E-state index in [-0.39, 0.29) is 5.75 Å². The molecule has 0 saturated carbocycles. The second kappa shape index (κ2) is 7.18. The lowest BCUT2D eigenvalue weighted by Gasteiger charge is -2.16. The van der Waals surface area contributed by atoms with Gasteiger partial charge in [0.15, 0.2) is 0 Å². The molecular weight excluding hydrogens is 270 g/mol. The van der Waals surface area contributed by atoms with Gasteiger partial charge in [-0.2, -0.15) is 4.31 Å². The zero-order valence-electron chi connectivity index (χ0n) is 11.1. The van der Waals surface area contributed by atoms with Gasteiger partial charge in [0.1, 0.15) is 0 Å². The fraction of sp³-hybridized carbons (Fsp3) is 0.727. The van der Waals surface area contributed by atoms with Gasteiger partial charge in [-0.15, -0.1) is 11.3 Å². The van der Waals surface area contributed by atoms with Crippen molar-refractivity contribution in [1.29, 1.82) is 0 Å². The Bertz CT molecular complexity index is 457. The van der Waals surface area contributed by atoms with Crippen molar-refractivity contribution in [1.82, 2.24) is 14.6 Å². The number of nitrogens with zero attached hydrogens (tertiary/aromatic N) is 2. The maximum Gasteiger partial charge on any atom is 0.214 e. The van der Waals surface area contributed by atoms with Crippen molar-refractivity contribution >= 4 is 21.4 Å². The quantitative estimate of drug-likeness (QED) is 0.731. The number of sulfonamides is 1. The van der Waals surface area contributed by atoms with Crippen LogP contribution in [0.4, 0.5) is 0 Å². The van der Waals surface area contributed by atoms with Gasteiger partial charge in [-0.1, -0.05) is 0 Å². The molecule has 1 heterocycles. The van der Waals surface area contributed by atoms with E-state index in [2.05, 4.69) is 10.3 Å². The molecule has 104 valence electrons. The number of unbranched alkanes of at least 4 members (excludes halogenated alkanes) is 1. The smallest absolute Gasteiger partial charge is 0.214 e. The van der Waals surface area contributed by atoms with Crippen molar-refractivity contribution in [2.75, 3.05) is 26.4 Å². The van der Waals surface area contributed by atoms with Crippen molar-refractivity contribution in [3.05, 3.63) is 16.1 Å². The zero-order chi connectivity index (χ0) is 13.6. The highest BCUT2D eigenvalue weighted by molar-refractivity contribution is 7.89. The van der Waals surface area contributed by atoms with E-state index in [9.17, 15) is 8.42 Å². The molecule has 0 fully saturated rings. The maximum absolute atomic E-state index is 12.0. The SMILES string of the molecule is CNCCCCS(=O)(=O)N(C)Cc1scnc1C. The summed E-state index contributed by atoms with van der Waals surface area (Å²) in [4.78, 5) is 5.14. The molecule has 0 unspecified atom stereocenters. The first kappa shape index (κ1) is 15.6. The third kappa shape index (κ3) is 4.64. The van der Waals surface area contributed by atoms with Crippen LogP contribution in [-0.4, -0.2) is 44.1 Å². The van der Waals surface area contributed by atoms with Crippen LogP contribution in [0.5, 0.6) is 0 Å². The molecule has 0 aromatic carbocycles. The minimum atomic E-state index is -3.15. The van der Waals surface area contributed by atoms with Gasteiger partial charge in [-0.05, 0) is 33.4 Å². The van der Waals surface area contributed by atoms with Gasteiger partial charge in [-0.3, -0.25) is 0 Å². The number of hydrogen-bond donors (Lipinski definition) is 1. The Morgan fingerprint density at radius 2 is 2.17 bits per heavy atom. The molecule has 1 aromatic heterocycles. The van der Waals surface area contributed by atoms with E-state index < -0.39 is 10.0 Å². The number of rotatable bonds is 8. The fourth-order valence-electron chi connectivity index (χ4n) is 1.52. The third-order valence-corrected chi connectivity index (χ3v) is 5.57. The molecule has 7 heteroatoms. The van der Waals surface area contributed by atoms with Gasteiger partial charge in [0, 0.05) is 18.5 Å². The van der Waals surface area contributed by atoms with E-state index >= 15 is 0 Å². The van der Waals surface area contributed by atoms with Crippen LogP contribution in [0.3, 0.4) is 0 Å². The summed E-state index contributed by atoms with van der Waals surface area (Å²) in [6.45, 7) is 3.18. The molecule has 0 aliphatic heterocycles. The van der Waals surface area contributed by atoms with Gasteiger partial charge >= 0.3 is 0 Å². The Morgan fingerprint density at radius 1 is 1.44 bits per heavy atom. The van der Waals surface area contributed by atoms with E-state index in [0.717, 1.165) is 23.5 Å². The summed E-state index contributed by atoms with van der Waals surface area (Å²) in [5.41, 5.74) is 2.66. The average Bonchev–Trinajstić information content (AvgIpc) is 2.71. The summed E-state index contributed by atoms with van der Waals surface area (Å²) in [6.07, 6.45) is 1.57. The van der Waals surface area contributed by atoms with Gasteiger partial charge in [0.25, 0.3) is 0 Å². The van der Waals surface area contributed by atoms with Gasteiger partial charge in [-0.25, -0.2) is 13.4 Å². The summed E-state index contributed by atoms with van der Waals surface area (Å²) in [6, 6.07) is 0. The molecule has 0 amide bonds. The number of hydrogen-bond acceptors (Lipinski definition) is 5. The highest BCUT2D eigenvalue weighted by Crippen LogP contribution is 2.16. The van der Waals surface area contributed by atoms with Crippen LogP contribution in [0.15, 0.2) is 5.51 Å². The number of nitrogens with one attached hydrogen (secondary N) is 1. The second-order valence-electron chi connectivity index (χ2n) is 4.24. The van der Waals surface area contributed by atoms with Crippen LogP contribution in [0.1, 0.15) is 23.4 Å². The molecule has 1 rings (SSSR count). The van der Waals surface area contributed by atoms with E-state index in [0.29, 0.717) is 13.0 Å². The molecule has 18 heavy (non-hydrogen) atoms. The largest absolute Gasteiger partial charge is 0.320 e. The Balaban J connectivity index is 2.49. The van der Waals surface area contributed by atoms with Crippen LogP contribution < -0.4 is 5.32 Å². The van der Waals surface area contributed by atoms with Crippen molar-refractivity contribution in [3.63, 3.8) is 0 Å². The molecule has 0 saturated heterocycles. The summed E-state index contributed by atoms with van der Waals surface area (Å²) in [7, 11) is 0.351. The zero-order valence-corrected chi connectivity index (χ0v) is 12.8. The molecule has 0 aliphatic carbocycles. The lowest BCUT2D eigenvalue weighted by molar-refractivity contribution is 0.466. The number of aryl methyl sites for hydroxylation is 1. The Kier molecular flexibility index (Phi) is 6.20. The molecule has 1 N–H and O–H groups in total. The van der Waals surface area contributed by atoms with Crippen molar-refractivity contribution in [3.8, 4) is 0 Å². The lowest BCUT2D eigenvalue weighted by atomic mass is 10.3. The van der Waals surface area contributed by atoms with E-state index in [1.165, 1.54) is 15.6 Å². The summed E-state index contributed by atoms with van der Waals surface area (Å²) < 4.78 is 25.5. The average molecular weight is 291 g/mol. The molecule has 0 atom stereocenters. The first-order valence-electron chi connectivity index (χ1n) is 5.95. The van der Waals surface area contributed by atoms with Crippen LogP contribution >= 0.6 is 11.3 Å². The van der Waals surface area contributed by atoms with Gasteiger partial charge in [0.05, 0.1) is 17.0 Å².